The van der Waals surface area contributed by atoms with Gasteiger partial charge in [0.2, 0.25) is 5.96 Å². The van der Waals surface area contributed by atoms with E-state index in [9.17, 15) is 4.79 Å². The highest BCUT2D eigenvalue weighted by molar-refractivity contribution is 6.19. The highest BCUT2D eigenvalue weighted by Crippen LogP contribution is 2.31. The standard InChI is InChI=1S/C22H24N6O3/c29-21(16-2-1-5-23-15-16)26-22-25-19-14-17(31-13-10-27-8-11-30-12-9-27)3-4-18(19)20-24-6-7-28(20)22/h1-5,14-15H,6-13H2,(H,25,26,29). The number of nitrogens with zero attached hydrogens (tertiary/aromatic N) is 5. The van der Waals surface area contributed by atoms with Gasteiger partial charge in [-0.25, -0.2) is 4.99 Å². The molecule has 0 aliphatic carbocycles. The van der Waals surface area contributed by atoms with Crippen LogP contribution in [0.1, 0.15) is 15.9 Å². The second kappa shape index (κ2) is 8.83. The van der Waals surface area contributed by atoms with Crippen molar-refractivity contribution in [2.24, 2.45) is 9.98 Å². The molecule has 0 unspecified atom stereocenters. The maximum atomic E-state index is 12.6. The van der Waals surface area contributed by atoms with Crippen molar-refractivity contribution in [2.75, 3.05) is 52.5 Å². The van der Waals surface area contributed by atoms with Gasteiger partial charge in [0.15, 0.2) is 0 Å². The fraction of sp³-hybridized carbons (Fsp3) is 0.364. The van der Waals surface area contributed by atoms with Gasteiger partial charge in [0.1, 0.15) is 18.2 Å². The van der Waals surface area contributed by atoms with Crippen molar-refractivity contribution in [1.29, 1.82) is 0 Å². The minimum atomic E-state index is -0.250. The number of fused-ring (bicyclic) bond motifs is 3. The van der Waals surface area contributed by atoms with Gasteiger partial charge >= 0.3 is 0 Å². The number of pyridine rings is 1. The Morgan fingerprint density at radius 3 is 2.94 bits per heavy atom. The number of guanidine groups is 1. The van der Waals surface area contributed by atoms with Crippen molar-refractivity contribution in [3.63, 3.8) is 0 Å². The van der Waals surface area contributed by atoms with E-state index in [0.717, 1.165) is 55.7 Å². The minimum Gasteiger partial charge on any atom is -0.492 e. The van der Waals surface area contributed by atoms with E-state index in [0.29, 0.717) is 31.2 Å². The maximum absolute atomic E-state index is 12.6. The summed E-state index contributed by atoms with van der Waals surface area (Å²) >= 11 is 0. The van der Waals surface area contributed by atoms with Crippen LogP contribution in [0.5, 0.6) is 5.75 Å². The number of hydrogen-bond acceptors (Lipinski definition) is 8. The molecule has 3 aliphatic rings. The lowest BCUT2D eigenvalue weighted by molar-refractivity contribution is 0.0322. The van der Waals surface area contributed by atoms with Crippen LogP contribution in [0.4, 0.5) is 5.69 Å². The lowest BCUT2D eigenvalue weighted by Crippen LogP contribution is -2.47. The van der Waals surface area contributed by atoms with Gasteiger partial charge in [-0.3, -0.25) is 29.9 Å². The van der Waals surface area contributed by atoms with Gasteiger partial charge in [-0.05, 0) is 24.3 Å². The first kappa shape index (κ1) is 19.7. The molecule has 1 aromatic heterocycles. The summed E-state index contributed by atoms with van der Waals surface area (Å²) in [6.45, 7) is 6.23. The molecule has 0 atom stereocenters. The molecular formula is C22H24N6O3. The maximum Gasteiger partial charge on any atom is 0.259 e. The Morgan fingerprint density at radius 1 is 1.19 bits per heavy atom. The Bertz CT molecular complexity index is 1020. The van der Waals surface area contributed by atoms with Crippen LogP contribution in [-0.4, -0.2) is 85.0 Å². The second-order valence-electron chi connectivity index (χ2n) is 7.47. The van der Waals surface area contributed by atoms with Gasteiger partial charge < -0.3 is 9.47 Å². The molecule has 1 N–H and O–H groups in total. The van der Waals surface area contributed by atoms with Crippen LogP contribution in [0.15, 0.2) is 52.7 Å². The average molecular weight is 420 g/mol. The third-order valence-corrected chi connectivity index (χ3v) is 5.46. The van der Waals surface area contributed by atoms with E-state index in [1.165, 1.54) is 6.20 Å². The molecule has 0 radical (unpaired) electrons. The molecule has 1 amide bonds. The number of benzene rings is 1. The summed E-state index contributed by atoms with van der Waals surface area (Å²) in [5, 5.41) is 2.91. The second-order valence-corrected chi connectivity index (χ2v) is 7.47. The summed E-state index contributed by atoms with van der Waals surface area (Å²) in [7, 11) is 0. The molecule has 9 heteroatoms. The molecular weight excluding hydrogens is 396 g/mol. The van der Waals surface area contributed by atoms with E-state index in [2.05, 4.69) is 20.2 Å². The Kier molecular flexibility index (Phi) is 5.59. The van der Waals surface area contributed by atoms with Crippen LogP contribution in [0, 0.1) is 0 Å². The number of carbonyl (C=O) groups excluding carboxylic acids is 1. The lowest BCUT2D eigenvalue weighted by atomic mass is 10.1. The number of hydrogen-bond donors (Lipinski definition) is 1. The third-order valence-electron chi connectivity index (χ3n) is 5.46. The lowest BCUT2D eigenvalue weighted by Gasteiger charge is -2.28. The molecule has 3 aliphatic heterocycles. The molecule has 5 rings (SSSR count). The molecule has 9 nitrogen and oxygen atoms in total. The van der Waals surface area contributed by atoms with Crippen molar-refractivity contribution in [3.05, 3.63) is 53.9 Å². The fourth-order valence-electron chi connectivity index (χ4n) is 3.82. The third kappa shape index (κ3) is 4.28. The normalized spacial score (nSPS) is 18.0. The van der Waals surface area contributed by atoms with Crippen LogP contribution >= 0.6 is 0 Å². The molecule has 0 saturated carbocycles. The zero-order valence-electron chi connectivity index (χ0n) is 17.2. The van der Waals surface area contributed by atoms with E-state index in [1.54, 1.807) is 18.3 Å². The van der Waals surface area contributed by atoms with Crippen LogP contribution in [0.25, 0.3) is 0 Å². The molecule has 1 saturated heterocycles. The van der Waals surface area contributed by atoms with Gasteiger partial charge in [0.05, 0.1) is 31.0 Å². The number of carbonyl (C=O) groups is 1. The van der Waals surface area contributed by atoms with Crippen LogP contribution in [0.3, 0.4) is 0 Å². The molecule has 31 heavy (non-hydrogen) atoms. The van der Waals surface area contributed by atoms with Gasteiger partial charge in [0.25, 0.3) is 5.91 Å². The SMILES string of the molecule is O=C(NC1=Nc2cc(OCCN3CCOCC3)ccc2C2=NCCN12)c1cccnc1. The number of rotatable bonds is 5. The molecule has 0 bridgehead atoms. The van der Waals surface area contributed by atoms with E-state index in [1.807, 2.05) is 23.1 Å². The minimum absolute atomic E-state index is 0.250. The summed E-state index contributed by atoms with van der Waals surface area (Å²) in [6, 6.07) is 9.30. The molecule has 1 aromatic carbocycles. The predicted molar refractivity (Wildman–Crippen MR) is 116 cm³/mol. The molecule has 1 fully saturated rings. The van der Waals surface area contributed by atoms with Crippen molar-refractivity contribution in [1.82, 2.24) is 20.1 Å². The molecule has 2 aromatic rings. The fourth-order valence-corrected chi connectivity index (χ4v) is 3.82. The van der Waals surface area contributed by atoms with Crippen LogP contribution < -0.4 is 10.1 Å². The van der Waals surface area contributed by atoms with E-state index in [4.69, 9.17) is 14.5 Å². The number of nitrogens with one attached hydrogen (secondary N) is 1. The number of ether oxygens (including phenoxy) is 2. The zero-order valence-corrected chi connectivity index (χ0v) is 17.2. The molecule has 4 heterocycles. The number of morpholine rings is 1. The first-order valence-electron chi connectivity index (χ1n) is 10.5. The van der Waals surface area contributed by atoms with Crippen molar-refractivity contribution in [2.45, 2.75) is 0 Å². The number of amidine groups is 1. The summed E-state index contributed by atoms with van der Waals surface area (Å²) in [5.41, 5.74) is 2.16. The van der Waals surface area contributed by atoms with Gasteiger partial charge in [-0.15, -0.1) is 0 Å². The van der Waals surface area contributed by atoms with Crippen molar-refractivity contribution < 1.29 is 14.3 Å². The summed E-state index contributed by atoms with van der Waals surface area (Å²) in [5.74, 6) is 1.80. The van der Waals surface area contributed by atoms with Gasteiger partial charge in [-0.1, -0.05) is 0 Å². The number of aromatic nitrogens is 1. The Balaban J connectivity index is 1.32. The highest BCUT2D eigenvalue weighted by Gasteiger charge is 2.30. The van der Waals surface area contributed by atoms with Gasteiger partial charge in [0, 0.05) is 50.2 Å². The smallest absolute Gasteiger partial charge is 0.259 e. The monoisotopic (exact) mass is 420 g/mol. The summed E-state index contributed by atoms with van der Waals surface area (Å²) in [6.07, 6.45) is 3.17. The van der Waals surface area contributed by atoms with Crippen LogP contribution in [-0.2, 0) is 4.74 Å². The Labute approximate surface area is 180 Å². The van der Waals surface area contributed by atoms with Crippen LogP contribution in [0.2, 0.25) is 0 Å². The molecule has 0 spiro atoms. The Morgan fingerprint density at radius 2 is 2.10 bits per heavy atom. The Hall–Kier alpha value is -3.30. The zero-order chi connectivity index (χ0) is 21.0. The summed E-state index contributed by atoms with van der Waals surface area (Å²) < 4.78 is 11.4. The van der Waals surface area contributed by atoms with Crippen molar-refractivity contribution >= 4 is 23.4 Å². The quantitative estimate of drug-likeness (QED) is 0.784. The first-order chi connectivity index (χ1) is 15.3. The summed E-state index contributed by atoms with van der Waals surface area (Å²) in [4.78, 5) is 30.3. The number of amides is 1. The average Bonchev–Trinajstić information content (AvgIpc) is 3.31. The van der Waals surface area contributed by atoms with Crippen molar-refractivity contribution in [3.8, 4) is 5.75 Å². The number of aliphatic imine (C=N–C) groups is 2. The predicted octanol–water partition coefficient (Wildman–Crippen LogP) is 1.29. The molecule has 160 valence electrons. The topological polar surface area (TPSA) is 91.6 Å². The van der Waals surface area contributed by atoms with E-state index >= 15 is 0 Å². The van der Waals surface area contributed by atoms with E-state index in [-0.39, 0.29) is 5.91 Å². The van der Waals surface area contributed by atoms with Gasteiger partial charge in [-0.2, -0.15) is 0 Å². The largest absolute Gasteiger partial charge is 0.492 e. The van der Waals surface area contributed by atoms with E-state index < -0.39 is 0 Å². The first-order valence-corrected chi connectivity index (χ1v) is 10.5. The highest BCUT2D eigenvalue weighted by atomic mass is 16.5.